The van der Waals surface area contributed by atoms with Crippen LogP contribution >= 0.6 is 0 Å². The lowest BCUT2D eigenvalue weighted by molar-refractivity contribution is -0.134. The summed E-state index contributed by atoms with van der Waals surface area (Å²) >= 11 is 0. The molecular formula is C21H24N4O4S. The molecule has 0 aliphatic carbocycles. The van der Waals surface area contributed by atoms with Crippen molar-refractivity contribution in [2.24, 2.45) is 0 Å². The summed E-state index contributed by atoms with van der Waals surface area (Å²) in [4.78, 5) is 18.9. The van der Waals surface area contributed by atoms with Crippen molar-refractivity contribution < 1.29 is 17.7 Å². The summed E-state index contributed by atoms with van der Waals surface area (Å²) in [5.74, 6) is 0.290. The van der Waals surface area contributed by atoms with E-state index in [0.29, 0.717) is 11.4 Å². The Balaban J connectivity index is 1.81. The minimum atomic E-state index is -3.60. The van der Waals surface area contributed by atoms with Crippen LogP contribution in [0.2, 0.25) is 0 Å². The van der Waals surface area contributed by atoms with Gasteiger partial charge in [-0.05, 0) is 12.5 Å². The van der Waals surface area contributed by atoms with Gasteiger partial charge >= 0.3 is 0 Å². The minimum Gasteiger partial charge on any atom is -0.337 e. The predicted molar refractivity (Wildman–Crippen MR) is 113 cm³/mol. The molecule has 0 bridgehead atoms. The maximum Gasteiger partial charge on any atom is 0.246 e. The number of rotatable bonds is 7. The Labute approximate surface area is 176 Å². The van der Waals surface area contributed by atoms with Crippen LogP contribution in [0.5, 0.6) is 0 Å². The third-order valence-electron chi connectivity index (χ3n) is 4.76. The van der Waals surface area contributed by atoms with E-state index in [1.807, 2.05) is 31.2 Å². The van der Waals surface area contributed by atoms with Gasteiger partial charge in [-0.25, -0.2) is 8.42 Å². The summed E-state index contributed by atoms with van der Waals surface area (Å²) in [6, 6.07) is 15.5. The highest BCUT2D eigenvalue weighted by Gasteiger charge is 2.33. The fraction of sp³-hybridized carbons (Fsp3) is 0.286. The van der Waals surface area contributed by atoms with Gasteiger partial charge in [0.15, 0.2) is 0 Å². The number of carbonyl (C=O) groups excluding carboxylic acids is 1. The van der Waals surface area contributed by atoms with Crippen molar-refractivity contribution in [1.29, 1.82) is 0 Å². The topological polar surface area (TPSA) is 96.6 Å². The lowest BCUT2D eigenvalue weighted by Gasteiger charge is -2.29. The van der Waals surface area contributed by atoms with Gasteiger partial charge in [0.1, 0.15) is 6.04 Å². The van der Waals surface area contributed by atoms with Crippen LogP contribution in [0, 0.1) is 6.92 Å². The number of likely N-dealkylation sites (N-methyl/N-ethyl adjacent to an activating group) is 2. The van der Waals surface area contributed by atoms with E-state index in [1.165, 1.54) is 11.9 Å². The molecule has 0 unspecified atom stereocenters. The fourth-order valence-electron chi connectivity index (χ4n) is 2.96. The number of hydrogen-bond acceptors (Lipinski definition) is 6. The maximum absolute atomic E-state index is 13.2. The Morgan fingerprint density at radius 2 is 1.70 bits per heavy atom. The molecule has 1 aromatic heterocycles. The second-order valence-corrected chi connectivity index (χ2v) is 9.21. The quantitative estimate of drug-likeness (QED) is 0.574. The second kappa shape index (κ2) is 8.76. The molecule has 0 N–H and O–H groups in total. The Hall–Kier alpha value is -3.04. The van der Waals surface area contributed by atoms with Crippen molar-refractivity contribution in [3.05, 3.63) is 71.6 Å². The summed E-state index contributed by atoms with van der Waals surface area (Å²) < 4.78 is 30.6. The number of hydrogen-bond donors (Lipinski definition) is 0. The van der Waals surface area contributed by atoms with Gasteiger partial charge < -0.3 is 9.42 Å². The lowest BCUT2D eigenvalue weighted by atomic mass is 10.1. The third kappa shape index (κ3) is 4.92. The van der Waals surface area contributed by atoms with Crippen LogP contribution in [0.15, 0.2) is 59.1 Å². The number of carbonyl (C=O) groups is 1. The third-order valence-corrected chi connectivity index (χ3v) is 6.02. The molecule has 0 spiro atoms. The van der Waals surface area contributed by atoms with Crippen LogP contribution in [-0.2, 0) is 21.4 Å². The smallest absolute Gasteiger partial charge is 0.246 e. The zero-order chi connectivity index (χ0) is 21.9. The van der Waals surface area contributed by atoms with Crippen molar-refractivity contribution in [3.8, 4) is 11.4 Å². The second-order valence-electron chi connectivity index (χ2n) is 7.16. The molecule has 9 heteroatoms. The highest BCUT2D eigenvalue weighted by Crippen LogP contribution is 2.25. The maximum atomic E-state index is 13.2. The van der Waals surface area contributed by atoms with Crippen molar-refractivity contribution in [3.63, 3.8) is 0 Å². The predicted octanol–water partition coefficient (Wildman–Crippen LogP) is 2.64. The highest BCUT2D eigenvalue weighted by atomic mass is 32.2. The first-order chi connectivity index (χ1) is 14.2. The van der Waals surface area contributed by atoms with Crippen molar-refractivity contribution in [2.75, 3.05) is 20.4 Å². The van der Waals surface area contributed by atoms with Gasteiger partial charge in [0, 0.05) is 19.7 Å². The van der Waals surface area contributed by atoms with Gasteiger partial charge in [0.05, 0.1) is 12.8 Å². The van der Waals surface area contributed by atoms with Crippen molar-refractivity contribution in [1.82, 2.24) is 19.3 Å². The van der Waals surface area contributed by atoms with Crippen LogP contribution < -0.4 is 0 Å². The minimum absolute atomic E-state index is 0.0542. The SMILES string of the molecule is Cc1ccc(-c2noc(CN(C)C(=O)[C@H](c3ccccc3)N(C)S(C)(=O)=O)n2)cc1. The first-order valence-electron chi connectivity index (χ1n) is 9.29. The molecule has 0 aliphatic heterocycles. The summed E-state index contributed by atoms with van der Waals surface area (Å²) in [5, 5.41) is 3.98. The van der Waals surface area contributed by atoms with E-state index in [2.05, 4.69) is 10.1 Å². The number of nitrogens with zero attached hydrogens (tertiary/aromatic N) is 4. The van der Waals surface area contributed by atoms with Crippen LogP contribution in [-0.4, -0.2) is 54.0 Å². The number of sulfonamides is 1. The van der Waals surface area contributed by atoms with Gasteiger partial charge in [-0.2, -0.15) is 9.29 Å². The molecule has 0 fully saturated rings. The van der Waals surface area contributed by atoms with Crippen LogP contribution in [0.25, 0.3) is 11.4 Å². The molecule has 0 radical (unpaired) electrons. The first-order valence-corrected chi connectivity index (χ1v) is 11.1. The van der Waals surface area contributed by atoms with Crippen molar-refractivity contribution in [2.45, 2.75) is 19.5 Å². The molecule has 8 nitrogen and oxygen atoms in total. The Kier molecular flexibility index (Phi) is 6.33. The van der Waals surface area contributed by atoms with Crippen LogP contribution in [0.4, 0.5) is 0 Å². The zero-order valence-corrected chi connectivity index (χ0v) is 18.1. The van der Waals surface area contributed by atoms with E-state index >= 15 is 0 Å². The molecular weight excluding hydrogens is 404 g/mol. The molecule has 1 atom stereocenters. The van der Waals surface area contributed by atoms with Gasteiger partial charge in [-0.1, -0.05) is 65.3 Å². The molecule has 3 aromatic rings. The summed E-state index contributed by atoms with van der Waals surface area (Å²) in [7, 11) is -0.639. The van der Waals surface area contributed by atoms with E-state index in [1.54, 1.807) is 37.4 Å². The monoisotopic (exact) mass is 428 g/mol. The van der Waals surface area contributed by atoms with Gasteiger partial charge in [0.25, 0.3) is 0 Å². The number of benzene rings is 2. The molecule has 3 rings (SSSR count). The standard InChI is InChI=1S/C21H24N4O4S/c1-15-10-12-17(13-11-15)20-22-18(29-23-20)14-24(2)21(26)19(25(3)30(4,27)28)16-8-6-5-7-9-16/h5-13,19H,14H2,1-4H3/t19-/m0/s1. The number of aryl methyl sites for hydroxylation is 1. The zero-order valence-electron chi connectivity index (χ0n) is 17.3. The van der Waals surface area contributed by atoms with Gasteiger partial charge in [-0.15, -0.1) is 0 Å². The fourth-order valence-corrected chi connectivity index (χ4v) is 3.56. The number of amides is 1. The van der Waals surface area contributed by atoms with Crippen molar-refractivity contribution >= 4 is 15.9 Å². The van der Waals surface area contributed by atoms with E-state index in [9.17, 15) is 13.2 Å². The largest absolute Gasteiger partial charge is 0.337 e. The molecule has 158 valence electrons. The van der Waals surface area contributed by atoms with E-state index < -0.39 is 22.0 Å². The Bertz CT molecular complexity index is 1110. The summed E-state index contributed by atoms with van der Waals surface area (Å²) in [6.07, 6.45) is 1.07. The molecule has 0 saturated carbocycles. The lowest BCUT2D eigenvalue weighted by Crippen LogP contribution is -2.41. The molecule has 2 aromatic carbocycles. The normalized spacial score (nSPS) is 12.7. The molecule has 1 heterocycles. The van der Waals surface area contributed by atoms with Crippen LogP contribution in [0.1, 0.15) is 23.1 Å². The summed E-state index contributed by atoms with van der Waals surface area (Å²) in [5.41, 5.74) is 2.51. The number of aromatic nitrogens is 2. The molecule has 30 heavy (non-hydrogen) atoms. The first kappa shape index (κ1) is 21.7. The van der Waals surface area contributed by atoms with E-state index in [-0.39, 0.29) is 12.4 Å². The van der Waals surface area contributed by atoms with E-state index in [0.717, 1.165) is 21.7 Å². The van der Waals surface area contributed by atoms with Crippen LogP contribution in [0.3, 0.4) is 0 Å². The highest BCUT2D eigenvalue weighted by molar-refractivity contribution is 7.88. The summed E-state index contributed by atoms with van der Waals surface area (Å²) in [6.45, 7) is 2.04. The molecule has 1 amide bonds. The Morgan fingerprint density at radius 3 is 2.30 bits per heavy atom. The van der Waals surface area contributed by atoms with Gasteiger partial charge in [0.2, 0.25) is 27.6 Å². The average molecular weight is 429 g/mol. The molecule has 0 aliphatic rings. The van der Waals surface area contributed by atoms with Gasteiger partial charge in [-0.3, -0.25) is 4.79 Å². The average Bonchev–Trinajstić information content (AvgIpc) is 3.17. The van der Waals surface area contributed by atoms with E-state index in [4.69, 9.17) is 4.52 Å². The molecule has 0 saturated heterocycles. The Morgan fingerprint density at radius 1 is 1.07 bits per heavy atom.